The molecule has 18 heavy (non-hydrogen) atoms. The normalized spacial score (nSPS) is 14.7. The van der Waals surface area contributed by atoms with Crippen LogP contribution in [0.25, 0.3) is 11.6 Å². The van der Waals surface area contributed by atoms with E-state index < -0.39 is 5.54 Å². The van der Waals surface area contributed by atoms with Crippen molar-refractivity contribution in [2.75, 3.05) is 13.2 Å². The molecule has 7 nitrogen and oxygen atoms in total. The van der Waals surface area contributed by atoms with E-state index in [1.165, 1.54) is 0 Å². The highest BCUT2D eigenvalue weighted by Gasteiger charge is 2.28. The van der Waals surface area contributed by atoms with E-state index in [-0.39, 0.29) is 5.89 Å². The van der Waals surface area contributed by atoms with Crippen LogP contribution in [0.3, 0.4) is 0 Å². The highest BCUT2D eigenvalue weighted by Crippen LogP contribution is 2.21. The third kappa shape index (κ3) is 2.57. The predicted octanol–water partition coefficient (Wildman–Crippen LogP) is 1.24. The van der Waals surface area contributed by atoms with Crippen LogP contribution in [0.2, 0.25) is 0 Å². The second-order valence-electron chi connectivity index (χ2n) is 4.30. The van der Waals surface area contributed by atoms with E-state index in [0.29, 0.717) is 30.5 Å². The van der Waals surface area contributed by atoms with E-state index >= 15 is 0 Å². The minimum atomic E-state index is -0.795. The second kappa shape index (κ2) is 4.87. The van der Waals surface area contributed by atoms with E-state index in [0.717, 1.165) is 0 Å². The van der Waals surface area contributed by atoms with Crippen LogP contribution in [0.1, 0.15) is 25.4 Å². The summed E-state index contributed by atoms with van der Waals surface area (Å²) in [6.45, 7) is 6.37. The van der Waals surface area contributed by atoms with Crippen molar-refractivity contribution in [2.45, 2.75) is 26.3 Å². The number of nitrogens with zero attached hydrogens (tertiary/aromatic N) is 3. The molecule has 7 heteroatoms. The standard InChI is InChI=1S/C11H16N4O3/c1-4-16-6-11(3,12)10-13-9(18-15-10)8-5-7(2)17-14-8/h5H,4,6,12H2,1-3H3. The summed E-state index contributed by atoms with van der Waals surface area (Å²) >= 11 is 0. The minimum Gasteiger partial charge on any atom is -0.379 e. The van der Waals surface area contributed by atoms with Gasteiger partial charge in [0.15, 0.2) is 11.5 Å². The fourth-order valence-corrected chi connectivity index (χ4v) is 1.41. The van der Waals surface area contributed by atoms with Crippen LogP contribution in [0, 0.1) is 6.92 Å². The van der Waals surface area contributed by atoms with Crippen LogP contribution in [0.15, 0.2) is 15.1 Å². The molecule has 0 bridgehead atoms. The first-order valence-corrected chi connectivity index (χ1v) is 5.67. The molecule has 2 aromatic heterocycles. The first kappa shape index (κ1) is 12.7. The van der Waals surface area contributed by atoms with Gasteiger partial charge < -0.3 is 19.5 Å². The second-order valence-corrected chi connectivity index (χ2v) is 4.30. The molecular formula is C11H16N4O3. The number of rotatable bonds is 5. The van der Waals surface area contributed by atoms with E-state index in [1.807, 2.05) is 6.92 Å². The topological polar surface area (TPSA) is 100 Å². The maximum atomic E-state index is 6.07. The van der Waals surface area contributed by atoms with E-state index in [2.05, 4.69) is 15.3 Å². The third-order valence-electron chi connectivity index (χ3n) is 2.39. The molecule has 0 aliphatic heterocycles. The van der Waals surface area contributed by atoms with Gasteiger partial charge in [-0.1, -0.05) is 10.3 Å². The molecule has 0 aromatic carbocycles. The number of aromatic nitrogens is 3. The zero-order chi connectivity index (χ0) is 13.2. The Morgan fingerprint density at radius 1 is 1.39 bits per heavy atom. The van der Waals surface area contributed by atoms with Crippen molar-refractivity contribution in [3.05, 3.63) is 17.7 Å². The van der Waals surface area contributed by atoms with Crippen LogP contribution < -0.4 is 5.73 Å². The summed E-state index contributed by atoms with van der Waals surface area (Å²) in [5.74, 6) is 1.34. The Labute approximate surface area is 104 Å². The average Bonchev–Trinajstić information content (AvgIpc) is 2.94. The summed E-state index contributed by atoms with van der Waals surface area (Å²) in [6, 6.07) is 1.72. The summed E-state index contributed by atoms with van der Waals surface area (Å²) < 4.78 is 15.3. The molecule has 0 fully saturated rings. The van der Waals surface area contributed by atoms with Crippen molar-refractivity contribution in [1.29, 1.82) is 0 Å². The van der Waals surface area contributed by atoms with E-state index in [9.17, 15) is 0 Å². The fourth-order valence-electron chi connectivity index (χ4n) is 1.41. The molecule has 0 radical (unpaired) electrons. The van der Waals surface area contributed by atoms with Gasteiger partial charge in [-0.25, -0.2) is 0 Å². The molecule has 0 saturated carbocycles. The molecule has 2 heterocycles. The third-order valence-corrected chi connectivity index (χ3v) is 2.39. The monoisotopic (exact) mass is 252 g/mol. The summed E-state index contributed by atoms with van der Waals surface area (Å²) in [5, 5.41) is 7.65. The lowest BCUT2D eigenvalue weighted by Crippen LogP contribution is -2.39. The van der Waals surface area contributed by atoms with Crippen molar-refractivity contribution in [2.24, 2.45) is 5.73 Å². The molecule has 0 saturated heterocycles. The van der Waals surface area contributed by atoms with Gasteiger partial charge in [0.05, 0.1) is 6.61 Å². The van der Waals surface area contributed by atoms with Gasteiger partial charge in [-0.3, -0.25) is 0 Å². The SMILES string of the molecule is CCOCC(C)(N)c1noc(-c2cc(C)on2)n1. The Hall–Kier alpha value is -1.73. The average molecular weight is 252 g/mol. The molecule has 2 aromatic rings. The maximum Gasteiger partial charge on any atom is 0.280 e. The van der Waals surface area contributed by atoms with E-state index in [4.69, 9.17) is 19.5 Å². The highest BCUT2D eigenvalue weighted by molar-refractivity contribution is 5.45. The summed E-state index contributed by atoms with van der Waals surface area (Å²) in [7, 11) is 0. The number of aryl methyl sites for hydroxylation is 1. The fraction of sp³-hybridized carbons (Fsp3) is 0.545. The minimum absolute atomic E-state index is 0.287. The number of hydrogen-bond donors (Lipinski definition) is 1. The molecule has 0 spiro atoms. The van der Waals surface area contributed by atoms with Crippen molar-refractivity contribution in [1.82, 2.24) is 15.3 Å². The van der Waals surface area contributed by atoms with Crippen molar-refractivity contribution >= 4 is 0 Å². The number of ether oxygens (including phenoxy) is 1. The Balaban J connectivity index is 2.19. The van der Waals surface area contributed by atoms with Crippen molar-refractivity contribution in [3.8, 4) is 11.6 Å². The quantitative estimate of drug-likeness (QED) is 0.854. The van der Waals surface area contributed by atoms with Crippen LogP contribution >= 0.6 is 0 Å². The lowest BCUT2D eigenvalue weighted by molar-refractivity contribution is 0.0962. The van der Waals surface area contributed by atoms with Gasteiger partial charge in [0.1, 0.15) is 11.3 Å². The summed E-state index contributed by atoms with van der Waals surface area (Å²) in [6.07, 6.45) is 0. The molecule has 0 amide bonds. The molecule has 2 N–H and O–H groups in total. The summed E-state index contributed by atoms with van der Waals surface area (Å²) in [4.78, 5) is 4.21. The van der Waals surface area contributed by atoms with Crippen molar-refractivity contribution < 1.29 is 13.8 Å². The zero-order valence-corrected chi connectivity index (χ0v) is 10.6. The van der Waals surface area contributed by atoms with Crippen LogP contribution in [-0.4, -0.2) is 28.5 Å². The molecule has 1 unspecified atom stereocenters. The zero-order valence-electron chi connectivity index (χ0n) is 10.6. The maximum absolute atomic E-state index is 6.07. The first-order valence-electron chi connectivity index (χ1n) is 5.67. The molecule has 1 atom stereocenters. The van der Waals surface area contributed by atoms with Gasteiger partial charge in [-0.2, -0.15) is 4.98 Å². The van der Waals surface area contributed by atoms with Gasteiger partial charge >= 0.3 is 0 Å². The van der Waals surface area contributed by atoms with Crippen LogP contribution in [-0.2, 0) is 10.3 Å². The Morgan fingerprint density at radius 2 is 2.17 bits per heavy atom. The molecule has 2 rings (SSSR count). The van der Waals surface area contributed by atoms with Gasteiger partial charge in [0.2, 0.25) is 0 Å². The number of nitrogens with two attached hydrogens (primary N) is 1. The smallest absolute Gasteiger partial charge is 0.280 e. The Morgan fingerprint density at radius 3 is 2.78 bits per heavy atom. The van der Waals surface area contributed by atoms with Gasteiger partial charge in [-0.15, -0.1) is 0 Å². The lowest BCUT2D eigenvalue weighted by atomic mass is 10.1. The lowest BCUT2D eigenvalue weighted by Gasteiger charge is -2.19. The van der Waals surface area contributed by atoms with Gasteiger partial charge in [0.25, 0.3) is 5.89 Å². The van der Waals surface area contributed by atoms with Crippen LogP contribution in [0.5, 0.6) is 0 Å². The van der Waals surface area contributed by atoms with Gasteiger partial charge in [-0.05, 0) is 20.8 Å². The summed E-state index contributed by atoms with van der Waals surface area (Å²) in [5.41, 5.74) is 5.77. The number of hydrogen-bond acceptors (Lipinski definition) is 7. The molecular weight excluding hydrogens is 236 g/mol. The molecule has 98 valence electrons. The Kier molecular flexibility index (Phi) is 3.44. The van der Waals surface area contributed by atoms with Gasteiger partial charge in [0, 0.05) is 12.7 Å². The predicted molar refractivity (Wildman–Crippen MR) is 62.6 cm³/mol. The van der Waals surface area contributed by atoms with Crippen molar-refractivity contribution in [3.63, 3.8) is 0 Å². The first-order chi connectivity index (χ1) is 8.53. The van der Waals surface area contributed by atoms with Crippen LogP contribution in [0.4, 0.5) is 0 Å². The molecule has 0 aliphatic carbocycles. The Bertz CT molecular complexity index is 518. The molecule has 0 aliphatic rings. The largest absolute Gasteiger partial charge is 0.379 e. The highest BCUT2D eigenvalue weighted by atomic mass is 16.5. The van der Waals surface area contributed by atoms with E-state index in [1.54, 1.807) is 19.9 Å².